The fraction of sp³-hybridized carbons (Fsp3) is 0.333. The summed E-state index contributed by atoms with van der Waals surface area (Å²) in [7, 11) is 3.27. The van der Waals surface area contributed by atoms with Crippen molar-refractivity contribution in [1.29, 1.82) is 0 Å². The van der Waals surface area contributed by atoms with Gasteiger partial charge in [-0.05, 0) is 24.6 Å². The molecular formula is C12H16O3. The minimum Gasteiger partial charge on any atom is -0.497 e. The van der Waals surface area contributed by atoms with Crippen LogP contribution < -0.4 is 9.47 Å². The highest BCUT2D eigenvalue weighted by Crippen LogP contribution is 2.24. The third kappa shape index (κ3) is 3.29. The van der Waals surface area contributed by atoms with Crippen molar-refractivity contribution in [2.45, 2.75) is 6.42 Å². The van der Waals surface area contributed by atoms with Gasteiger partial charge in [0.05, 0.1) is 20.8 Å². The molecule has 0 heterocycles. The maximum atomic E-state index is 8.63. The molecule has 3 nitrogen and oxygen atoms in total. The summed E-state index contributed by atoms with van der Waals surface area (Å²) in [4.78, 5) is 0. The van der Waals surface area contributed by atoms with E-state index in [1.165, 1.54) is 0 Å². The van der Waals surface area contributed by atoms with Crippen LogP contribution in [0.2, 0.25) is 0 Å². The Morgan fingerprint density at radius 2 is 2.00 bits per heavy atom. The average Bonchev–Trinajstić information content (AvgIpc) is 2.29. The molecule has 0 aliphatic heterocycles. The molecule has 1 rings (SSSR count). The number of aliphatic hydroxyl groups is 1. The van der Waals surface area contributed by atoms with Gasteiger partial charge in [-0.1, -0.05) is 12.2 Å². The van der Waals surface area contributed by atoms with Crippen LogP contribution in [0, 0.1) is 0 Å². The van der Waals surface area contributed by atoms with E-state index in [2.05, 4.69) is 0 Å². The lowest BCUT2D eigenvalue weighted by molar-refractivity contribution is 0.342. The predicted molar refractivity (Wildman–Crippen MR) is 59.5 cm³/mol. The van der Waals surface area contributed by atoms with Crippen molar-refractivity contribution < 1.29 is 14.6 Å². The van der Waals surface area contributed by atoms with Crippen LogP contribution >= 0.6 is 0 Å². The number of rotatable bonds is 5. The second-order valence-electron chi connectivity index (χ2n) is 3.04. The third-order valence-corrected chi connectivity index (χ3v) is 2.10. The van der Waals surface area contributed by atoms with Gasteiger partial charge in [-0.25, -0.2) is 0 Å². The minimum absolute atomic E-state index is 0.0618. The maximum Gasteiger partial charge on any atom is 0.122 e. The molecular weight excluding hydrogens is 192 g/mol. The molecule has 1 aromatic rings. The zero-order valence-corrected chi connectivity index (χ0v) is 9.06. The van der Waals surface area contributed by atoms with E-state index in [0.717, 1.165) is 23.5 Å². The van der Waals surface area contributed by atoms with E-state index in [0.29, 0.717) is 0 Å². The van der Waals surface area contributed by atoms with Gasteiger partial charge in [0.15, 0.2) is 0 Å². The molecule has 82 valence electrons. The number of ether oxygens (including phenoxy) is 2. The lowest BCUT2D eigenvalue weighted by atomic mass is 10.1. The van der Waals surface area contributed by atoms with Crippen molar-refractivity contribution in [3.63, 3.8) is 0 Å². The maximum absolute atomic E-state index is 8.63. The zero-order valence-electron chi connectivity index (χ0n) is 9.06. The average molecular weight is 208 g/mol. The Morgan fingerprint density at radius 1 is 1.20 bits per heavy atom. The standard InChI is InChI=1S/C12H16O3/c1-14-11-6-7-12(15-2)10(9-11)5-3-4-8-13/h3-4,6-7,9,13H,5,8H2,1-2H3/b4-3+. The smallest absolute Gasteiger partial charge is 0.122 e. The summed E-state index contributed by atoms with van der Waals surface area (Å²) < 4.78 is 10.4. The summed E-state index contributed by atoms with van der Waals surface area (Å²) in [6.45, 7) is 0.0618. The first kappa shape index (κ1) is 11.6. The highest BCUT2D eigenvalue weighted by Gasteiger charge is 2.02. The summed E-state index contributed by atoms with van der Waals surface area (Å²) in [5.74, 6) is 1.64. The first-order valence-corrected chi connectivity index (χ1v) is 4.78. The fourth-order valence-electron chi connectivity index (χ4n) is 1.33. The number of hydrogen-bond donors (Lipinski definition) is 1. The van der Waals surface area contributed by atoms with Gasteiger partial charge in [-0.2, -0.15) is 0 Å². The van der Waals surface area contributed by atoms with Gasteiger partial charge in [-0.15, -0.1) is 0 Å². The van der Waals surface area contributed by atoms with Gasteiger partial charge >= 0.3 is 0 Å². The van der Waals surface area contributed by atoms with E-state index in [4.69, 9.17) is 14.6 Å². The minimum atomic E-state index is 0.0618. The van der Waals surface area contributed by atoms with Gasteiger partial charge in [0, 0.05) is 5.56 Å². The van der Waals surface area contributed by atoms with Crippen LogP contribution in [0.3, 0.4) is 0 Å². The third-order valence-electron chi connectivity index (χ3n) is 2.10. The number of hydrogen-bond acceptors (Lipinski definition) is 3. The van der Waals surface area contributed by atoms with Crippen LogP contribution in [-0.2, 0) is 6.42 Å². The first-order valence-electron chi connectivity index (χ1n) is 4.78. The van der Waals surface area contributed by atoms with E-state index in [-0.39, 0.29) is 6.61 Å². The molecule has 0 aromatic heterocycles. The van der Waals surface area contributed by atoms with Crippen LogP contribution in [0.5, 0.6) is 11.5 Å². The van der Waals surface area contributed by atoms with Crippen LogP contribution in [0.15, 0.2) is 30.4 Å². The second kappa shape index (κ2) is 6.09. The lowest BCUT2D eigenvalue weighted by Gasteiger charge is -2.08. The van der Waals surface area contributed by atoms with Crippen molar-refractivity contribution in [2.24, 2.45) is 0 Å². The molecule has 1 N–H and O–H groups in total. The molecule has 0 saturated heterocycles. The van der Waals surface area contributed by atoms with Crippen LogP contribution in [0.4, 0.5) is 0 Å². The first-order chi connectivity index (χ1) is 7.31. The summed E-state index contributed by atoms with van der Waals surface area (Å²) in [6, 6.07) is 5.67. The van der Waals surface area contributed by atoms with Crippen LogP contribution in [0.25, 0.3) is 0 Å². The molecule has 0 fully saturated rings. The molecule has 0 spiro atoms. The number of methoxy groups -OCH3 is 2. The Kier molecular flexibility index (Phi) is 4.71. The summed E-state index contributed by atoms with van der Waals surface area (Å²) >= 11 is 0. The Balaban J connectivity index is 2.85. The molecule has 1 aromatic carbocycles. The van der Waals surface area contributed by atoms with Crippen molar-refractivity contribution in [2.75, 3.05) is 20.8 Å². The van der Waals surface area contributed by atoms with E-state index in [1.807, 2.05) is 24.3 Å². The molecule has 0 aliphatic carbocycles. The Bertz CT molecular complexity index is 332. The zero-order chi connectivity index (χ0) is 11.1. The van der Waals surface area contributed by atoms with Gasteiger partial charge in [0.2, 0.25) is 0 Å². The molecule has 0 amide bonds. The SMILES string of the molecule is COc1ccc(OC)c(C/C=C/CO)c1. The lowest BCUT2D eigenvalue weighted by Crippen LogP contribution is -1.92. The van der Waals surface area contributed by atoms with Crippen molar-refractivity contribution >= 4 is 0 Å². The number of benzene rings is 1. The van der Waals surface area contributed by atoms with Crippen molar-refractivity contribution in [3.05, 3.63) is 35.9 Å². The van der Waals surface area contributed by atoms with Crippen molar-refractivity contribution in [3.8, 4) is 11.5 Å². The van der Waals surface area contributed by atoms with Crippen LogP contribution in [-0.4, -0.2) is 25.9 Å². The largest absolute Gasteiger partial charge is 0.497 e. The van der Waals surface area contributed by atoms with Crippen LogP contribution in [0.1, 0.15) is 5.56 Å². The van der Waals surface area contributed by atoms with Gasteiger partial charge in [0.1, 0.15) is 11.5 Å². The summed E-state index contributed by atoms with van der Waals surface area (Å²) in [6.07, 6.45) is 4.33. The summed E-state index contributed by atoms with van der Waals surface area (Å²) in [5.41, 5.74) is 1.04. The Labute approximate surface area is 90.0 Å². The molecule has 0 bridgehead atoms. The monoisotopic (exact) mass is 208 g/mol. The highest BCUT2D eigenvalue weighted by atomic mass is 16.5. The van der Waals surface area contributed by atoms with E-state index in [1.54, 1.807) is 20.3 Å². The predicted octanol–water partition coefficient (Wildman–Crippen LogP) is 1.79. The fourth-order valence-corrected chi connectivity index (χ4v) is 1.33. The van der Waals surface area contributed by atoms with Gasteiger partial charge in [-0.3, -0.25) is 0 Å². The number of allylic oxidation sites excluding steroid dienone is 1. The highest BCUT2D eigenvalue weighted by molar-refractivity contribution is 5.41. The quantitative estimate of drug-likeness (QED) is 0.750. The normalized spacial score (nSPS) is 10.6. The molecule has 0 atom stereocenters. The van der Waals surface area contributed by atoms with Gasteiger partial charge in [0.25, 0.3) is 0 Å². The van der Waals surface area contributed by atoms with E-state index >= 15 is 0 Å². The van der Waals surface area contributed by atoms with Gasteiger partial charge < -0.3 is 14.6 Å². The topological polar surface area (TPSA) is 38.7 Å². The Hall–Kier alpha value is -1.48. The van der Waals surface area contributed by atoms with Crippen molar-refractivity contribution in [1.82, 2.24) is 0 Å². The molecule has 0 aliphatic rings. The summed E-state index contributed by atoms with van der Waals surface area (Å²) in [5, 5.41) is 8.63. The van der Waals surface area contributed by atoms with E-state index in [9.17, 15) is 0 Å². The molecule has 0 radical (unpaired) electrons. The Morgan fingerprint density at radius 3 is 2.60 bits per heavy atom. The second-order valence-corrected chi connectivity index (χ2v) is 3.04. The molecule has 3 heteroatoms. The number of aliphatic hydroxyl groups excluding tert-OH is 1. The van der Waals surface area contributed by atoms with E-state index < -0.39 is 0 Å². The molecule has 0 saturated carbocycles. The molecule has 0 unspecified atom stereocenters. The molecule has 15 heavy (non-hydrogen) atoms.